The molecule has 0 saturated heterocycles. The van der Waals surface area contributed by atoms with Crippen molar-refractivity contribution in [2.45, 2.75) is 6.42 Å². The molecule has 0 amide bonds. The molecule has 0 aliphatic rings. The van der Waals surface area contributed by atoms with Crippen LogP contribution in [-0.2, 0) is 6.42 Å². The van der Waals surface area contributed by atoms with Crippen molar-refractivity contribution in [1.82, 2.24) is 4.98 Å². The van der Waals surface area contributed by atoms with Crippen LogP contribution in [0.5, 0.6) is 0 Å². The van der Waals surface area contributed by atoms with Crippen LogP contribution >= 0.6 is 9.24 Å². The molecule has 2 heteroatoms. The van der Waals surface area contributed by atoms with Gasteiger partial charge in [0.15, 0.2) is 0 Å². The molecule has 0 aromatic carbocycles. The number of aromatic nitrogens is 1. The van der Waals surface area contributed by atoms with Crippen LogP contribution < -0.4 is 5.44 Å². The highest BCUT2D eigenvalue weighted by molar-refractivity contribution is 7.26. The number of pyridine rings is 1. The zero-order chi connectivity index (χ0) is 7.40. The van der Waals surface area contributed by atoms with E-state index in [0.717, 1.165) is 17.5 Å². The van der Waals surface area contributed by atoms with Gasteiger partial charge in [-0.25, -0.2) is 0 Å². The zero-order valence-electron chi connectivity index (χ0n) is 5.75. The van der Waals surface area contributed by atoms with Gasteiger partial charge in [-0.3, -0.25) is 4.98 Å². The molecule has 0 N–H and O–H groups in total. The Labute approximate surface area is 63.4 Å². The average Bonchev–Trinajstić information content (AvgIpc) is 1.88. The summed E-state index contributed by atoms with van der Waals surface area (Å²) in [4.78, 5) is 4.25. The minimum absolute atomic E-state index is 0.849. The number of hydrogen-bond acceptors (Lipinski definition) is 1. The first-order chi connectivity index (χ1) is 4.83. The Bertz CT molecular complexity index is 232. The monoisotopic (exact) mass is 151 g/mol. The van der Waals surface area contributed by atoms with Crippen LogP contribution in [0.15, 0.2) is 30.9 Å². The largest absolute Gasteiger partial charge is 0.253 e. The van der Waals surface area contributed by atoms with Crippen LogP contribution in [0.1, 0.15) is 5.69 Å². The first-order valence-corrected chi connectivity index (χ1v) is 3.73. The first-order valence-electron chi connectivity index (χ1n) is 3.15. The third-order valence-electron chi connectivity index (χ3n) is 1.18. The predicted molar refractivity (Wildman–Crippen MR) is 47.5 cm³/mol. The summed E-state index contributed by atoms with van der Waals surface area (Å²) in [6.07, 6.45) is 2.70. The standard InChI is InChI=1S/C8H10NP/c1-2-4-7-5-3-6-8(10)9-7/h2-3,5-6H,1,4,10H2. The van der Waals surface area contributed by atoms with Crippen molar-refractivity contribution < 1.29 is 0 Å². The van der Waals surface area contributed by atoms with Crippen LogP contribution in [0.25, 0.3) is 0 Å². The van der Waals surface area contributed by atoms with E-state index in [9.17, 15) is 0 Å². The van der Waals surface area contributed by atoms with Gasteiger partial charge in [-0.2, -0.15) is 0 Å². The van der Waals surface area contributed by atoms with Crippen LogP contribution in [0.3, 0.4) is 0 Å². The first kappa shape index (κ1) is 7.43. The molecule has 1 heterocycles. The maximum atomic E-state index is 4.25. The van der Waals surface area contributed by atoms with E-state index in [4.69, 9.17) is 0 Å². The molecule has 1 aromatic heterocycles. The van der Waals surface area contributed by atoms with Gasteiger partial charge in [0.1, 0.15) is 0 Å². The lowest BCUT2D eigenvalue weighted by molar-refractivity contribution is 1.14. The summed E-state index contributed by atoms with van der Waals surface area (Å²) in [5.74, 6) is 0. The fourth-order valence-corrected chi connectivity index (χ4v) is 1.04. The normalized spacial score (nSPS) is 9.30. The van der Waals surface area contributed by atoms with Crippen molar-refractivity contribution >= 4 is 14.7 Å². The molecular weight excluding hydrogens is 141 g/mol. The lowest BCUT2D eigenvalue weighted by atomic mass is 10.3. The van der Waals surface area contributed by atoms with Gasteiger partial charge in [0.25, 0.3) is 0 Å². The van der Waals surface area contributed by atoms with Crippen molar-refractivity contribution in [3.05, 3.63) is 36.5 Å². The SMILES string of the molecule is C=CCc1cccc(P)n1. The van der Waals surface area contributed by atoms with E-state index in [0.29, 0.717) is 0 Å². The van der Waals surface area contributed by atoms with Crippen molar-refractivity contribution in [3.8, 4) is 0 Å². The van der Waals surface area contributed by atoms with Crippen LogP contribution in [-0.4, -0.2) is 4.98 Å². The highest BCUT2D eigenvalue weighted by Gasteiger charge is 1.89. The molecule has 0 saturated carbocycles. The second-order valence-corrected chi connectivity index (χ2v) is 2.64. The smallest absolute Gasteiger partial charge is 0.0572 e. The Morgan fingerprint density at radius 2 is 2.40 bits per heavy atom. The molecule has 0 aliphatic carbocycles. The van der Waals surface area contributed by atoms with Gasteiger partial charge in [0.05, 0.1) is 5.44 Å². The molecule has 1 rings (SSSR count). The molecule has 1 aromatic rings. The highest BCUT2D eigenvalue weighted by atomic mass is 31.0. The van der Waals surface area contributed by atoms with Crippen LogP contribution in [0.2, 0.25) is 0 Å². The lowest BCUT2D eigenvalue weighted by Gasteiger charge is -1.95. The number of rotatable bonds is 2. The highest BCUT2D eigenvalue weighted by Crippen LogP contribution is 1.95. The molecular formula is C8H10NP. The molecule has 0 fully saturated rings. The maximum absolute atomic E-state index is 4.25. The van der Waals surface area contributed by atoms with E-state index < -0.39 is 0 Å². The number of nitrogens with zero attached hydrogens (tertiary/aromatic N) is 1. The fraction of sp³-hybridized carbons (Fsp3) is 0.125. The topological polar surface area (TPSA) is 12.9 Å². The molecule has 0 bridgehead atoms. The summed E-state index contributed by atoms with van der Waals surface area (Å²) < 4.78 is 0. The van der Waals surface area contributed by atoms with E-state index >= 15 is 0 Å². The van der Waals surface area contributed by atoms with Gasteiger partial charge in [-0.15, -0.1) is 6.58 Å². The third kappa shape index (κ3) is 1.93. The molecule has 1 atom stereocenters. The molecule has 0 spiro atoms. The van der Waals surface area contributed by atoms with Crippen LogP contribution in [0, 0.1) is 0 Å². The molecule has 0 radical (unpaired) electrons. The van der Waals surface area contributed by atoms with Gasteiger partial charge < -0.3 is 0 Å². The second kappa shape index (κ2) is 3.48. The third-order valence-corrected chi connectivity index (χ3v) is 1.50. The maximum Gasteiger partial charge on any atom is 0.0572 e. The fourth-order valence-electron chi connectivity index (χ4n) is 0.760. The molecule has 1 nitrogen and oxygen atoms in total. The Morgan fingerprint density at radius 1 is 1.60 bits per heavy atom. The second-order valence-electron chi connectivity index (χ2n) is 2.05. The molecule has 1 unspecified atom stereocenters. The van der Waals surface area contributed by atoms with Gasteiger partial charge >= 0.3 is 0 Å². The van der Waals surface area contributed by atoms with Crippen molar-refractivity contribution in [1.29, 1.82) is 0 Å². The molecule has 52 valence electrons. The summed E-state index contributed by atoms with van der Waals surface area (Å²) in [6, 6.07) is 5.95. The Balaban J connectivity index is 2.84. The van der Waals surface area contributed by atoms with Gasteiger partial charge in [0, 0.05) is 12.1 Å². The van der Waals surface area contributed by atoms with Crippen LogP contribution in [0.4, 0.5) is 0 Å². The van der Waals surface area contributed by atoms with Crippen molar-refractivity contribution in [3.63, 3.8) is 0 Å². The number of allylic oxidation sites excluding steroid dienone is 1. The van der Waals surface area contributed by atoms with Gasteiger partial charge in [0.2, 0.25) is 0 Å². The van der Waals surface area contributed by atoms with E-state index in [-0.39, 0.29) is 0 Å². The Hall–Kier alpha value is -0.680. The summed E-state index contributed by atoms with van der Waals surface area (Å²) in [5.41, 5.74) is 2.06. The summed E-state index contributed by atoms with van der Waals surface area (Å²) in [6.45, 7) is 3.64. The van der Waals surface area contributed by atoms with E-state index in [1.807, 2.05) is 24.3 Å². The lowest BCUT2D eigenvalue weighted by Crippen LogP contribution is -1.99. The summed E-state index contributed by atoms with van der Waals surface area (Å²) in [7, 11) is 2.57. The Kier molecular flexibility index (Phi) is 2.58. The zero-order valence-corrected chi connectivity index (χ0v) is 6.90. The molecule has 0 aliphatic heterocycles. The predicted octanol–water partition coefficient (Wildman–Crippen LogP) is 1.31. The van der Waals surface area contributed by atoms with Crippen molar-refractivity contribution in [2.75, 3.05) is 0 Å². The minimum Gasteiger partial charge on any atom is -0.253 e. The summed E-state index contributed by atoms with van der Waals surface area (Å²) in [5, 5.41) is 0. The van der Waals surface area contributed by atoms with Gasteiger partial charge in [-0.05, 0) is 12.1 Å². The van der Waals surface area contributed by atoms with E-state index in [2.05, 4.69) is 20.8 Å². The summed E-state index contributed by atoms with van der Waals surface area (Å²) >= 11 is 0. The van der Waals surface area contributed by atoms with Crippen molar-refractivity contribution in [2.24, 2.45) is 0 Å². The number of hydrogen-bond donors (Lipinski definition) is 0. The Morgan fingerprint density at radius 3 is 3.00 bits per heavy atom. The van der Waals surface area contributed by atoms with E-state index in [1.165, 1.54) is 0 Å². The average molecular weight is 151 g/mol. The quantitative estimate of drug-likeness (QED) is 0.458. The minimum atomic E-state index is 0.849. The molecule has 10 heavy (non-hydrogen) atoms. The van der Waals surface area contributed by atoms with E-state index in [1.54, 1.807) is 0 Å². The van der Waals surface area contributed by atoms with Gasteiger partial charge in [-0.1, -0.05) is 21.4 Å².